The zero-order valence-electron chi connectivity index (χ0n) is 12.0. The molecule has 0 aliphatic carbocycles. The summed E-state index contributed by atoms with van der Waals surface area (Å²) in [6.07, 6.45) is 0.368. The molecule has 0 aliphatic rings. The molecule has 0 spiro atoms. The van der Waals surface area contributed by atoms with E-state index in [9.17, 15) is 9.90 Å². The minimum Gasteiger partial charge on any atom is -0.507 e. The van der Waals surface area contributed by atoms with Crippen molar-refractivity contribution in [3.63, 3.8) is 0 Å². The molecule has 0 unspecified atom stereocenters. The van der Waals surface area contributed by atoms with Crippen LogP contribution in [0.4, 0.5) is 0 Å². The molecule has 1 aromatic heterocycles. The number of aryl methyl sites for hydroxylation is 1. The van der Waals surface area contributed by atoms with Gasteiger partial charge in [0.1, 0.15) is 11.3 Å². The number of hydrogen-bond donors (Lipinski definition) is 1. The van der Waals surface area contributed by atoms with Gasteiger partial charge in [0.05, 0.1) is 10.9 Å². The van der Waals surface area contributed by atoms with Crippen molar-refractivity contribution in [2.45, 2.75) is 20.3 Å². The molecule has 3 rings (SSSR count). The van der Waals surface area contributed by atoms with Crippen molar-refractivity contribution >= 4 is 11.0 Å². The SMILES string of the molecule is Cc1cccc(Cc2c(O)c3ccccc3oc2=O)c1C. The highest BCUT2D eigenvalue weighted by Gasteiger charge is 2.15. The molecule has 21 heavy (non-hydrogen) atoms. The van der Waals surface area contributed by atoms with Gasteiger partial charge in [-0.25, -0.2) is 4.79 Å². The van der Waals surface area contributed by atoms with Crippen molar-refractivity contribution in [3.8, 4) is 5.75 Å². The Bertz CT molecular complexity index is 875. The van der Waals surface area contributed by atoms with Gasteiger partial charge in [0.25, 0.3) is 0 Å². The molecule has 0 bridgehead atoms. The van der Waals surface area contributed by atoms with Crippen LogP contribution in [0.1, 0.15) is 22.3 Å². The van der Waals surface area contributed by atoms with Crippen LogP contribution < -0.4 is 5.63 Å². The van der Waals surface area contributed by atoms with Gasteiger partial charge in [0, 0.05) is 6.42 Å². The first-order chi connectivity index (χ1) is 10.1. The fourth-order valence-corrected chi connectivity index (χ4v) is 2.52. The topological polar surface area (TPSA) is 50.4 Å². The van der Waals surface area contributed by atoms with Crippen LogP contribution in [0.25, 0.3) is 11.0 Å². The summed E-state index contributed by atoms with van der Waals surface area (Å²) in [6, 6.07) is 13.0. The second kappa shape index (κ2) is 5.09. The van der Waals surface area contributed by atoms with Crippen LogP contribution in [0, 0.1) is 13.8 Å². The van der Waals surface area contributed by atoms with Crippen molar-refractivity contribution in [1.29, 1.82) is 0 Å². The Morgan fingerprint density at radius 1 is 1.05 bits per heavy atom. The van der Waals surface area contributed by atoms with Gasteiger partial charge < -0.3 is 9.52 Å². The van der Waals surface area contributed by atoms with Crippen LogP contribution in [0.2, 0.25) is 0 Å². The minimum absolute atomic E-state index is 0.0164. The van der Waals surface area contributed by atoms with Gasteiger partial charge in [0.15, 0.2) is 0 Å². The van der Waals surface area contributed by atoms with Crippen molar-refractivity contribution in [1.82, 2.24) is 0 Å². The number of fused-ring (bicyclic) bond motifs is 1. The molecule has 106 valence electrons. The highest BCUT2D eigenvalue weighted by atomic mass is 16.4. The molecule has 1 N–H and O–H groups in total. The number of aromatic hydroxyl groups is 1. The van der Waals surface area contributed by atoms with Crippen molar-refractivity contribution in [3.05, 3.63) is 75.1 Å². The molecule has 3 heteroatoms. The number of benzene rings is 2. The van der Waals surface area contributed by atoms with Crippen molar-refractivity contribution in [2.24, 2.45) is 0 Å². The number of para-hydroxylation sites is 1. The van der Waals surface area contributed by atoms with E-state index in [1.807, 2.05) is 38.1 Å². The van der Waals surface area contributed by atoms with E-state index in [0.29, 0.717) is 23.0 Å². The third-order valence-corrected chi connectivity index (χ3v) is 3.96. The minimum atomic E-state index is -0.480. The summed E-state index contributed by atoms with van der Waals surface area (Å²) in [7, 11) is 0. The summed E-state index contributed by atoms with van der Waals surface area (Å²) in [5.41, 5.74) is 3.55. The third-order valence-electron chi connectivity index (χ3n) is 3.96. The maximum Gasteiger partial charge on any atom is 0.343 e. The molecule has 1 heterocycles. The van der Waals surface area contributed by atoms with Gasteiger partial charge in [-0.15, -0.1) is 0 Å². The monoisotopic (exact) mass is 280 g/mol. The van der Waals surface area contributed by atoms with E-state index < -0.39 is 5.63 Å². The third kappa shape index (κ3) is 2.31. The van der Waals surface area contributed by atoms with Crippen LogP contribution >= 0.6 is 0 Å². The molecule has 0 saturated heterocycles. The van der Waals surface area contributed by atoms with E-state index in [1.165, 1.54) is 0 Å². The first-order valence-electron chi connectivity index (χ1n) is 6.86. The molecule has 0 aliphatic heterocycles. The van der Waals surface area contributed by atoms with Crippen LogP contribution in [0.15, 0.2) is 51.7 Å². The van der Waals surface area contributed by atoms with Crippen LogP contribution in [-0.2, 0) is 6.42 Å². The summed E-state index contributed by atoms with van der Waals surface area (Å²) in [5.74, 6) is 0.0164. The summed E-state index contributed by atoms with van der Waals surface area (Å²) < 4.78 is 5.30. The lowest BCUT2D eigenvalue weighted by Crippen LogP contribution is -2.09. The lowest BCUT2D eigenvalue weighted by atomic mass is 9.97. The van der Waals surface area contributed by atoms with Gasteiger partial charge in [-0.05, 0) is 42.7 Å². The molecule has 0 fully saturated rings. The lowest BCUT2D eigenvalue weighted by molar-refractivity contribution is 0.458. The summed E-state index contributed by atoms with van der Waals surface area (Å²) in [4.78, 5) is 12.1. The first-order valence-corrected chi connectivity index (χ1v) is 6.86. The number of hydrogen-bond acceptors (Lipinski definition) is 3. The van der Waals surface area contributed by atoms with E-state index in [1.54, 1.807) is 18.2 Å². The first kappa shape index (κ1) is 13.4. The van der Waals surface area contributed by atoms with Crippen LogP contribution in [0.5, 0.6) is 5.75 Å². The molecule has 0 saturated carbocycles. The molecule has 3 aromatic rings. The van der Waals surface area contributed by atoms with E-state index in [-0.39, 0.29) is 5.75 Å². The van der Waals surface area contributed by atoms with Crippen LogP contribution in [-0.4, -0.2) is 5.11 Å². The second-order valence-electron chi connectivity index (χ2n) is 5.25. The Labute approximate surface area is 122 Å². The average Bonchev–Trinajstić information content (AvgIpc) is 2.47. The molecular formula is C18H16O3. The fourth-order valence-electron chi connectivity index (χ4n) is 2.52. The van der Waals surface area contributed by atoms with Crippen LogP contribution in [0.3, 0.4) is 0 Å². The average molecular weight is 280 g/mol. The van der Waals surface area contributed by atoms with Gasteiger partial charge >= 0.3 is 5.63 Å². The smallest absolute Gasteiger partial charge is 0.343 e. The maximum absolute atomic E-state index is 12.1. The predicted molar refractivity (Wildman–Crippen MR) is 82.9 cm³/mol. The van der Waals surface area contributed by atoms with Gasteiger partial charge in [-0.1, -0.05) is 30.3 Å². The lowest BCUT2D eigenvalue weighted by Gasteiger charge is -2.10. The van der Waals surface area contributed by atoms with E-state index in [2.05, 4.69) is 0 Å². The Morgan fingerprint density at radius 3 is 2.62 bits per heavy atom. The van der Waals surface area contributed by atoms with Gasteiger partial charge in [-0.3, -0.25) is 0 Å². The summed E-state index contributed by atoms with van der Waals surface area (Å²) in [5, 5.41) is 11.0. The Hall–Kier alpha value is -2.55. The largest absolute Gasteiger partial charge is 0.507 e. The molecule has 3 nitrogen and oxygen atoms in total. The Balaban J connectivity index is 2.17. The normalized spacial score (nSPS) is 11.0. The van der Waals surface area contributed by atoms with Gasteiger partial charge in [-0.2, -0.15) is 0 Å². The number of rotatable bonds is 2. The Kier molecular flexibility index (Phi) is 3.26. The van der Waals surface area contributed by atoms with Gasteiger partial charge in [0.2, 0.25) is 0 Å². The summed E-state index contributed by atoms with van der Waals surface area (Å²) >= 11 is 0. The highest BCUT2D eigenvalue weighted by Crippen LogP contribution is 2.28. The molecule has 0 amide bonds. The zero-order chi connectivity index (χ0) is 15.0. The van der Waals surface area contributed by atoms with E-state index in [0.717, 1.165) is 16.7 Å². The molecule has 2 aromatic carbocycles. The standard InChI is InChI=1S/C18H16O3/c1-11-6-5-7-13(12(11)2)10-15-17(19)14-8-3-4-9-16(14)21-18(15)20/h3-9,19H,10H2,1-2H3. The molecule has 0 radical (unpaired) electrons. The maximum atomic E-state index is 12.1. The van der Waals surface area contributed by atoms with E-state index in [4.69, 9.17) is 4.42 Å². The summed E-state index contributed by atoms with van der Waals surface area (Å²) in [6.45, 7) is 4.05. The Morgan fingerprint density at radius 2 is 1.81 bits per heavy atom. The van der Waals surface area contributed by atoms with Crippen molar-refractivity contribution in [2.75, 3.05) is 0 Å². The second-order valence-corrected chi connectivity index (χ2v) is 5.25. The fraction of sp³-hybridized carbons (Fsp3) is 0.167. The predicted octanol–water partition coefficient (Wildman–Crippen LogP) is 3.71. The van der Waals surface area contributed by atoms with Crippen molar-refractivity contribution < 1.29 is 9.52 Å². The zero-order valence-corrected chi connectivity index (χ0v) is 12.0. The highest BCUT2D eigenvalue weighted by molar-refractivity contribution is 5.84. The molecular weight excluding hydrogens is 264 g/mol. The quantitative estimate of drug-likeness (QED) is 0.728. The van der Waals surface area contributed by atoms with E-state index >= 15 is 0 Å². The molecule has 0 atom stereocenters.